The van der Waals surface area contributed by atoms with Crippen LogP contribution in [0.25, 0.3) is 11.3 Å². The van der Waals surface area contributed by atoms with Crippen LogP contribution in [0.5, 0.6) is 0 Å². The Morgan fingerprint density at radius 1 is 1.32 bits per heavy atom. The topological polar surface area (TPSA) is 76.1 Å². The van der Waals surface area contributed by atoms with Gasteiger partial charge in [-0.05, 0) is 30.7 Å². The Morgan fingerprint density at radius 2 is 2.05 bits per heavy atom. The van der Waals surface area contributed by atoms with Gasteiger partial charge in [0, 0.05) is 10.9 Å². The lowest BCUT2D eigenvalue weighted by molar-refractivity contribution is -0.119. The van der Waals surface area contributed by atoms with E-state index in [-0.39, 0.29) is 23.2 Å². The van der Waals surface area contributed by atoms with Crippen molar-refractivity contribution in [1.29, 1.82) is 0 Å². The zero-order chi connectivity index (χ0) is 15.7. The van der Waals surface area contributed by atoms with Crippen LogP contribution in [0.1, 0.15) is 6.42 Å². The molecule has 0 radical (unpaired) electrons. The number of carbonyl (C=O) groups excluding carboxylic acids is 1. The fourth-order valence-electron chi connectivity index (χ4n) is 2.29. The van der Waals surface area contributed by atoms with Crippen LogP contribution in [-0.2, 0) is 14.6 Å². The Hall–Kier alpha value is -1.80. The van der Waals surface area contributed by atoms with Crippen molar-refractivity contribution in [2.24, 2.45) is 5.92 Å². The summed E-state index contributed by atoms with van der Waals surface area (Å²) in [7, 11) is -3.09. The Kier molecular flexibility index (Phi) is 3.96. The normalized spacial score (nSPS) is 20.0. The number of nitrogens with zero attached hydrogens (tertiary/aromatic N) is 1. The molecule has 22 heavy (non-hydrogen) atoms. The minimum atomic E-state index is -3.09. The fourth-order valence-corrected chi connectivity index (χ4v) is 4.76. The van der Waals surface area contributed by atoms with Crippen molar-refractivity contribution in [3.8, 4) is 11.3 Å². The first-order valence-electron chi connectivity index (χ1n) is 6.66. The maximum absolute atomic E-state index is 12.9. The van der Waals surface area contributed by atoms with E-state index in [9.17, 15) is 17.6 Å². The molecule has 2 heterocycles. The number of hydrogen-bond donors (Lipinski definition) is 1. The van der Waals surface area contributed by atoms with E-state index in [0.29, 0.717) is 17.2 Å². The monoisotopic (exact) mass is 340 g/mol. The number of hydrogen-bond acceptors (Lipinski definition) is 5. The van der Waals surface area contributed by atoms with E-state index in [1.807, 2.05) is 0 Å². The van der Waals surface area contributed by atoms with Crippen LogP contribution in [0, 0.1) is 11.7 Å². The minimum absolute atomic E-state index is 0.0593. The zero-order valence-electron chi connectivity index (χ0n) is 11.5. The van der Waals surface area contributed by atoms with Gasteiger partial charge in [0.2, 0.25) is 5.91 Å². The summed E-state index contributed by atoms with van der Waals surface area (Å²) in [5, 5.41) is 4.82. The molecule has 2 aromatic rings. The third-order valence-corrected chi connectivity index (χ3v) is 6.00. The van der Waals surface area contributed by atoms with Crippen LogP contribution in [-0.4, -0.2) is 30.8 Å². The highest BCUT2D eigenvalue weighted by Gasteiger charge is 2.33. The first kappa shape index (κ1) is 15.1. The van der Waals surface area contributed by atoms with Gasteiger partial charge < -0.3 is 5.32 Å². The van der Waals surface area contributed by atoms with Crippen LogP contribution in [0.4, 0.5) is 9.52 Å². The van der Waals surface area contributed by atoms with Crippen molar-refractivity contribution in [2.75, 3.05) is 16.8 Å². The van der Waals surface area contributed by atoms with Crippen molar-refractivity contribution in [3.05, 3.63) is 35.5 Å². The smallest absolute Gasteiger partial charge is 0.230 e. The van der Waals surface area contributed by atoms with Crippen molar-refractivity contribution in [3.63, 3.8) is 0 Å². The van der Waals surface area contributed by atoms with E-state index >= 15 is 0 Å². The first-order valence-corrected chi connectivity index (χ1v) is 9.36. The lowest BCUT2D eigenvalue weighted by Gasteiger charge is -2.06. The lowest BCUT2D eigenvalue weighted by atomic mass is 10.1. The number of aromatic nitrogens is 1. The van der Waals surface area contributed by atoms with Gasteiger partial charge in [-0.15, -0.1) is 11.3 Å². The van der Waals surface area contributed by atoms with Crippen molar-refractivity contribution in [2.45, 2.75) is 6.42 Å². The number of carbonyl (C=O) groups is 1. The number of anilines is 1. The van der Waals surface area contributed by atoms with Crippen LogP contribution in [0.3, 0.4) is 0 Å². The van der Waals surface area contributed by atoms with Gasteiger partial charge in [0.1, 0.15) is 5.82 Å². The Balaban J connectivity index is 1.69. The second-order valence-electron chi connectivity index (χ2n) is 5.13. The summed E-state index contributed by atoms with van der Waals surface area (Å²) in [6, 6.07) is 5.91. The average molecular weight is 340 g/mol. The van der Waals surface area contributed by atoms with Crippen molar-refractivity contribution in [1.82, 2.24) is 4.98 Å². The van der Waals surface area contributed by atoms with Gasteiger partial charge in [-0.3, -0.25) is 4.79 Å². The van der Waals surface area contributed by atoms with Crippen LogP contribution < -0.4 is 5.32 Å². The molecular formula is C14H13FN2O3S2. The van der Waals surface area contributed by atoms with Gasteiger partial charge in [0.15, 0.2) is 15.0 Å². The molecule has 116 valence electrons. The van der Waals surface area contributed by atoms with E-state index in [2.05, 4.69) is 10.3 Å². The number of nitrogens with one attached hydrogen (secondary N) is 1. The van der Waals surface area contributed by atoms with Gasteiger partial charge in [-0.25, -0.2) is 17.8 Å². The highest BCUT2D eigenvalue weighted by molar-refractivity contribution is 7.91. The number of halogens is 1. The highest BCUT2D eigenvalue weighted by atomic mass is 32.2. The van der Waals surface area contributed by atoms with Crippen LogP contribution >= 0.6 is 11.3 Å². The van der Waals surface area contributed by atoms with E-state index in [1.165, 1.54) is 23.5 Å². The molecule has 1 amide bonds. The first-order chi connectivity index (χ1) is 10.4. The molecule has 1 N–H and O–H groups in total. The summed E-state index contributed by atoms with van der Waals surface area (Å²) in [5.41, 5.74) is 1.39. The maximum atomic E-state index is 12.9. The predicted octanol–water partition coefficient (Wildman–Crippen LogP) is 2.32. The maximum Gasteiger partial charge on any atom is 0.230 e. The Morgan fingerprint density at radius 3 is 2.68 bits per heavy atom. The van der Waals surface area contributed by atoms with Crippen LogP contribution in [0.15, 0.2) is 29.6 Å². The van der Waals surface area contributed by atoms with E-state index in [1.54, 1.807) is 17.5 Å². The van der Waals surface area contributed by atoms with Crippen LogP contribution in [0.2, 0.25) is 0 Å². The second kappa shape index (κ2) is 5.77. The number of benzene rings is 1. The van der Waals surface area contributed by atoms with E-state index < -0.39 is 15.8 Å². The Bertz CT molecular complexity index is 800. The van der Waals surface area contributed by atoms with Gasteiger partial charge in [0.05, 0.1) is 23.1 Å². The van der Waals surface area contributed by atoms with E-state index in [4.69, 9.17) is 0 Å². The summed E-state index contributed by atoms with van der Waals surface area (Å²) in [6.07, 6.45) is 0.352. The zero-order valence-corrected chi connectivity index (χ0v) is 13.1. The molecule has 1 aromatic carbocycles. The molecule has 8 heteroatoms. The molecular weight excluding hydrogens is 327 g/mol. The van der Waals surface area contributed by atoms with Gasteiger partial charge in [-0.1, -0.05) is 0 Å². The molecule has 0 unspecified atom stereocenters. The van der Waals surface area contributed by atoms with Crippen molar-refractivity contribution >= 4 is 32.2 Å². The molecule has 1 aliphatic rings. The molecule has 1 atom stereocenters. The van der Waals surface area contributed by atoms with Gasteiger partial charge >= 0.3 is 0 Å². The minimum Gasteiger partial charge on any atom is -0.302 e. The van der Waals surface area contributed by atoms with E-state index in [0.717, 1.165) is 5.56 Å². The molecule has 1 aromatic heterocycles. The number of rotatable bonds is 3. The molecule has 0 saturated carbocycles. The second-order valence-corrected chi connectivity index (χ2v) is 8.22. The molecule has 5 nitrogen and oxygen atoms in total. The molecule has 0 spiro atoms. The summed E-state index contributed by atoms with van der Waals surface area (Å²) >= 11 is 1.25. The largest absolute Gasteiger partial charge is 0.302 e. The lowest BCUT2D eigenvalue weighted by Crippen LogP contribution is -2.23. The third kappa shape index (κ3) is 3.33. The standard InChI is InChI=1S/C14H13FN2O3S2/c15-11-3-1-9(2-4-11)12-7-21-14(16-12)17-13(18)10-5-6-22(19,20)8-10/h1-4,7,10H,5-6,8H2,(H,16,17,18)/t10-/m0/s1. The van der Waals surface area contributed by atoms with Gasteiger partial charge in [0.25, 0.3) is 0 Å². The molecule has 0 bridgehead atoms. The quantitative estimate of drug-likeness (QED) is 0.930. The summed E-state index contributed by atoms with van der Waals surface area (Å²) in [4.78, 5) is 16.3. The number of thiazole rings is 1. The summed E-state index contributed by atoms with van der Waals surface area (Å²) < 4.78 is 35.7. The van der Waals surface area contributed by atoms with Gasteiger partial charge in [-0.2, -0.15) is 0 Å². The SMILES string of the molecule is O=C(Nc1nc(-c2ccc(F)cc2)cs1)[C@H]1CCS(=O)(=O)C1. The fraction of sp³-hybridized carbons (Fsp3) is 0.286. The molecule has 0 aliphatic carbocycles. The van der Waals surface area contributed by atoms with Crippen molar-refractivity contribution < 1.29 is 17.6 Å². The molecule has 1 saturated heterocycles. The number of amides is 1. The molecule has 1 aliphatic heterocycles. The Labute approximate surface area is 131 Å². The average Bonchev–Trinajstić information content (AvgIpc) is 3.06. The predicted molar refractivity (Wildman–Crippen MR) is 82.9 cm³/mol. The third-order valence-electron chi connectivity index (χ3n) is 3.48. The summed E-state index contributed by atoms with van der Waals surface area (Å²) in [5.74, 6) is -1.20. The number of sulfone groups is 1. The highest BCUT2D eigenvalue weighted by Crippen LogP contribution is 2.26. The molecule has 1 fully saturated rings. The summed E-state index contributed by atoms with van der Waals surface area (Å²) in [6.45, 7) is 0. The molecule has 3 rings (SSSR count).